The highest BCUT2D eigenvalue weighted by Crippen LogP contribution is 2.32. The van der Waals surface area contributed by atoms with E-state index in [1.807, 2.05) is 6.07 Å². The van der Waals surface area contributed by atoms with Gasteiger partial charge in [-0.15, -0.1) is 0 Å². The van der Waals surface area contributed by atoms with Crippen molar-refractivity contribution in [3.05, 3.63) is 41.1 Å². The van der Waals surface area contributed by atoms with E-state index in [-0.39, 0.29) is 29.9 Å². The van der Waals surface area contributed by atoms with Crippen LogP contribution in [-0.2, 0) is 14.3 Å². The lowest BCUT2D eigenvalue weighted by atomic mass is 9.84. The number of hydrogen-bond donors (Lipinski definition) is 2. The van der Waals surface area contributed by atoms with Gasteiger partial charge in [-0.05, 0) is 49.3 Å². The van der Waals surface area contributed by atoms with E-state index < -0.39 is 12.0 Å². The van der Waals surface area contributed by atoms with Crippen molar-refractivity contribution >= 4 is 23.6 Å². The summed E-state index contributed by atoms with van der Waals surface area (Å²) in [5.41, 5.74) is 2.41. The molecule has 0 radical (unpaired) electrons. The number of hydrogen-bond acceptors (Lipinski definition) is 4. The van der Waals surface area contributed by atoms with Crippen LogP contribution in [0.2, 0.25) is 0 Å². The smallest absolute Gasteiger partial charge is 0.338 e. The Morgan fingerprint density at radius 1 is 1.29 bits per heavy atom. The van der Waals surface area contributed by atoms with Crippen LogP contribution in [0.15, 0.2) is 35.5 Å². The fraction of sp³-hybridized carbons (Fsp3) is 0.542. The number of carbonyl (C=O) groups is 3. The highest BCUT2D eigenvalue weighted by atomic mass is 16.5. The van der Waals surface area contributed by atoms with E-state index in [9.17, 15) is 14.4 Å². The van der Waals surface area contributed by atoms with Crippen LogP contribution in [-0.4, -0.2) is 36.5 Å². The Balaban J connectivity index is 2.24. The topological polar surface area (TPSA) is 87.7 Å². The number of urea groups is 1. The molecule has 1 heterocycles. The van der Waals surface area contributed by atoms with Gasteiger partial charge >= 0.3 is 12.0 Å². The largest absolute Gasteiger partial charge is 0.463 e. The van der Waals surface area contributed by atoms with Gasteiger partial charge in [-0.1, -0.05) is 39.8 Å². The highest BCUT2D eigenvalue weighted by molar-refractivity contribution is 5.95. The number of amides is 3. The summed E-state index contributed by atoms with van der Waals surface area (Å²) in [5.74, 6) is -0.265. The molecule has 0 unspecified atom stereocenters. The van der Waals surface area contributed by atoms with E-state index in [0.29, 0.717) is 28.9 Å². The number of nitrogens with zero attached hydrogens (tertiary/aromatic N) is 1. The Bertz CT molecular complexity index is 870. The Labute approximate surface area is 185 Å². The number of nitrogens with one attached hydrogen (secondary N) is 2. The van der Waals surface area contributed by atoms with E-state index in [2.05, 4.69) is 38.3 Å². The molecule has 1 aromatic carbocycles. The molecule has 7 nitrogen and oxygen atoms in total. The predicted molar refractivity (Wildman–Crippen MR) is 121 cm³/mol. The summed E-state index contributed by atoms with van der Waals surface area (Å²) in [6, 6.07) is 6.25. The van der Waals surface area contributed by atoms with E-state index in [1.54, 1.807) is 39.1 Å². The highest BCUT2D eigenvalue weighted by Gasteiger charge is 2.35. The van der Waals surface area contributed by atoms with Gasteiger partial charge < -0.3 is 20.3 Å². The molecular weight excluding hydrogens is 394 g/mol. The van der Waals surface area contributed by atoms with Gasteiger partial charge in [0.15, 0.2) is 0 Å². The Morgan fingerprint density at radius 3 is 2.58 bits per heavy atom. The predicted octanol–water partition coefficient (Wildman–Crippen LogP) is 4.62. The third kappa shape index (κ3) is 6.57. The van der Waals surface area contributed by atoms with E-state index in [1.165, 1.54) is 4.90 Å². The molecule has 0 saturated carbocycles. The van der Waals surface area contributed by atoms with Crippen LogP contribution in [0.1, 0.15) is 66.0 Å². The van der Waals surface area contributed by atoms with Gasteiger partial charge in [0.1, 0.15) is 0 Å². The van der Waals surface area contributed by atoms with Crippen LogP contribution < -0.4 is 10.6 Å². The molecule has 0 bridgehead atoms. The molecule has 0 spiro atoms. The van der Waals surface area contributed by atoms with Crippen LogP contribution in [0, 0.1) is 11.3 Å². The SMILES string of the molecule is CCOC(=O)C1=C(C)N(C)C(=O)N[C@H]1c1cccc(NC(=O)C[C@H](C)CC(C)(C)C)c1. The van der Waals surface area contributed by atoms with Gasteiger partial charge in [0.05, 0.1) is 18.2 Å². The Morgan fingerprint density at radius 2 is 1.97 bits per heavy atom. The summed E-state index contributed by atoms with van der Waals surface area (Å²) in [7, 11) is 1.61. The van der Waals surface area contributed by atoms with Crippen LogP contribution in [0.4, 0.5) is 10.5 Å². The number of benzene rings is 1. The fourth-order valence-corrected chi connectivity index (χ4v) is 4.00. The number of rotatable bonds is 7. The van der Waals surface area contributed by atoms with Crippen LogP contribution in [0.3, 0.4) is 0 Å². The molecule has 170 valence electrons. The van der Waals surface area contributed by atoms with E-state index >= 15 is 0 Å². The van der Waals surface area contributed by atoms with E-state index in [0.717, 1.165) is 6.42 Å². The minimum atomic E-state index is -0.653. The maximum atomic E-state index is 12.6. The lowest BCUT2D eigenvalue weighted by Gasteiger charge is -2.33. The average molecular weight is 430 g/mol. The molecule has 0 fully saturated rings. The van der Waals surface area contributed by atoms with Crippen LogP contribution in [0.5, 0.6) is 0 Å². The molecule has 2 atom stereocenters. The summed E-state index contributed by atoms with van der Waals surface area (Å²) in [5, 5.41) is 5.80. The number of carbonyl (C=O) groups excluding carboxylic acids is 3. The first-order chi connectivity index (χ1) is 14.4. The zero-order valence-electron chi connectivity index (χ0n) is 19.7. The molecule has 1 aliphatic rings. The number of allylic oxidation sites excluding steroid dienone is 1. The Hall–Kier alpha value is -2.83. The second-order valence-electron chi connectivity index (χ2n) is 9.41. The quantitative estimate of drug-likeness (QED) is 0.619. The van der Waals surface area contributed by atoms with Gasteiger partial charge in [-0.3, -0.25) is 4.79 Å². The number of anilines is 1. The van der Waals surface area contributed by atoms with Gasteiger partial charge in [0.25, 0.3) is 0 Å². The van der Waals surface area contributed by atoms with Crippen molar-refractivity contribution in [2.24, 2.45) is 11.3 Å². The fourth-order valence-electron chi connectivity index (χ4n) is 4.00. The average Bonchev–Trinajstić information content (AvgIpc) is 2.64. The summed E-state index contributed by atoms with van der Waals surface area (Å²) in [6.07, 6.45) is 1.38. The normalized spacial score (nSPS) is 17.8. The van der Waals surface area contributed by atoms with Crippen molar-refractivity contribution in [3.8, 4) is 0 Å². The van der Waals surface area contributed by atoms with Crippen molar-refractivity contribution in [1.29, 1.82) is 0 Å². The van der Waals surface area contributed by atoms with Crippen molar-refractivity contribution in [2.45, 2.75) is 60.4 Å². The molecule has 0 aromatic heterocycles. The summed E-state index contributed by atoms with van der Waals surface area (Å²) < 4.78 is 5.22. The second kappa shape index (κ2) is 9.98. The molecule has 1 aliphatic heterocycles. The third-order valence-electron chi connectivity index (χ3n) is 5.25. The maximum Gasteiger partial charge on any atom is 0.338 e. The van der Waals surface area contributed by atoms with Gasteiger partial charge in [0.2, 0.25) is 5.91 Å². The van der Waals surface area contributed by atoms with Crippen LogP contribution in [0.25, 0.3) is 0 Å². The van der Waals surface area contributed by atoms with Crippen molar-refractivity contribution in [3.63, 3.8) is 0 Å². The van der Waals surface area contributed by atoms with Crippen molar-refractivity contribution in [1.82, 2.24) is 10.2 Å². The first-order valence-corrected chi connectivity index (χ1v) is 10.7. The number of esters is 1. The first kappa shape index (κ1) is 24.4. The summed E-state index contributed by atoms with van der Waals surface area (Å²) in [4.78, 5) is 38.9. The third-order valence-corrected chi connectivity index (χ3v) is 5.25. The first-order valence-electron chi connectivity index (χ1n) is 10.7. The minimum absolute atomic E-state index is 0.0568. The molecule has 2 rings (SSSR count). The zero-order chi connectivity index (χ0) is 23.3. The molecule has 31 heavy (non-hydrogen) atoms. The lowest BCUT2D eigenvalue weighted by molar-refractivity contribution is -0.139. The molecule has 7 heteroatoms. The second-order valence-corrected chi connectivity index (χ2v) is 9.41. The van der Waals surface area contributed by atoms with Gasteiger partial charge in [0, 0.05) is 24.9 Å². The summed E-state index contributed by atoms with van der Waals surface area (Å²) in [6.45, 7) is 12.3. The number of ether oxygens (including phenoxy) is 1. The van der Waals surface area contributed by atoms with Crippen LogP contribution >= 0.6 is 0 Å². The maximum absolute atomic E-state index is 12.6. The molecule has 3 amide bonds. The lowest BCUT2D eigenvalue weighted by Crippen LogP contribution is -2.46. The van der Waals surface area contributed by atoms with Gasteiger partial charge in [-0.25, -0.2) is 9.59 Å². The molecule has 0 aliphatic carbocycles. The standard InChI is InChI=1S/C24H35N3O4/c1-8-31-22(29)20-16(3)27(7)23(30)26-21(20)17-10-9-11-18(13-17)25-19(28)12-15(2)14-24(4,5)6/h9-11,13,15,21H,8,12,14H2,1-7H3,(H,25,28)(H,26,30)/t15-,21-/m0/s1. The molecule has 1 aromatic rings. The molecule has 0 saturated heterocycles. The van der Waals surface area contributed by atoms with Crippen molar-refractivity contribution < 1.29 is 19.1 Å². The minimum Gasteiger partial charge on any atom is -0.463 e. The van der Waals surface area contributed by atoms with Crippen molar-refractivity contribution in [2.75, 3.05) is 19.0 Å². The zero-order valence-corrected chi connectivity index (χ0v) is 19.7. The van der Waals surface area contributed by atoms with E-state index in [4.69, 9.17) is 4.74 Å². The monoisotopic (exact) mass is 429 g/mol. The molecule has 2 N–H and O–H groups in total. The van der Waals surface area contributed by atoms with Gasteiger partial charge in [-0.2, -0.15) is 0 Å². The molecular formula is C24H35N3O4. The summed E-state index contributed by atoms with van der Waals surface area (Å²) >= 11 is 0. The Kier molecular flexibility index (Phi) is 7.87.